The molecule has 0 saturated heterocycles. The lowest BCUT2D eigenvalue weighted by atomic mass is 10.2. The molecule has 1 atom stereocenters. The fourth-order valence-electron chi connectivity index (χ4n) is 2.08. The van der Waals surface area contributed by atoms with E-state index >= 15 is 0 Å². The van der Waals surface area contributed by atoms with Crippen molar-refractivity contribution in [1.82, 2.24) is 10.3 Å². The molecule has 0 saturated carbocycles. The number of aryl methyl sites for hydroxylation is 1. The third kappa shape index (κ3) is 5.70. The van der Waals surface area contributed by atoms with Crippen molar-refractivity contribution in [2.75, 3.05) is 6.54 Å². The number of hydrogen-bond donors (Lipinski definition) is 1. The van der Waals surface area contributed by atoms with Crippen molar-refractivity contribution in [3.05, 3.63) is 59.7 Å². The minimum atomic E-state index is -0.340. The van der Waals surface area contributed by atoms with Gasteiger partial charge in [0.2, 0.25) is 5.91 Å². The fourth-order valence-corrected chi connectivity index (χ4v) is 2.08. The number of nitrogens with zero attached hydrogens (tertiary/aromatic N) is 1. The number of rotatable bonds is 7. The zero-order chi connectivity index (χ0) is 16.7. The number of carbonyl (C=O) groups excluding carboxylic acids is 1. The molecule has 1 aromatic heterocycles. The highest BCUT2D eigenvalue weighted by Crippen LogP contribution is 2.14. The summed E-state index contributed by atoms with van der Waals surface area (Å²) in [5, 5.41) is 2.85. The normalized spacial score (nSPS) is 11.8. The summed E-state index contributed by atoms with van der Waals surface area (Å²) in [6.45, 7) is 4.24. The number of nitrogens with one attached hydrogen (secondary N) is 1. The molecule has 1 heterocycles. The summed E-state index contributed by atoms with van der Waals surface area (Å²) in [6, 6.07) is 9.77. The number of hydrogen-bond acceptors (Lipinski definition) is 3. The van der Waals surface area contributed by atoms with Crippen molar-refractivity contribution >= 4 is 5.91 Å². The van der Waals surface area contributed by atoms with Crippen LogP contribution >= 0.6 is 0 Å². The highest BCUT2D eigenvalue weighted by atomic mass is 19.1. The fraction of sp³-hybridized carbons (Fsp3) is 0.333. The molecule has 0 fully saturated rings. The summed E-state index contributed by atoms with van der Waals surface area (Å²) >= 11 is 0. The number of amides is 1. The van der Waals surface area contributed by atoms with Gasteiger partial charge < -0.3 is 10.1 Å². The number of ether oxygens (including phenoxy) is 1. The average Bonchev–Trinajstić information content (AvgIpc) is 2.53. The second kappa shape index (κ2) is 8.27. The van der Waals surface area contributed by atoms with Crippen LogP contribution in [-0.4, -0.2) is 23.5 Å². The molecule has 0 spiro atoms. The molecular formula is C18H21FN2O2. The van der Waals surface area contributed by atoms with Crippen LogP contribution in [0.25, 0.3) is 0 Å². The Hall–Kier alpha value is -2.43. The third-order valence-electron chi connectivity index (χ3n) is 3.42. The lowest BCUT2D eigenvalue weighted by Gasteiger charge is -2.18. The van der Waals surface area contributed by atoms with E-state index in [1.807, 2.05) is 26.0 Å². The van der Waals surface area contributed by atoms with E-state index < -0.39 is 0 Å². The molecule has 23 heavy (non-hydrogen) atoms. The Kier molecular flexibility index (Phi) is 6.09. The van der Waals surface area contributed by atoms with E-state index in [1.54, 1.807) is 18.3 Å². The van der Waals surface area contributed by atoms with Crippen molar-refractivity contribution in [1.29, 1.82) is 0 Å². The maximum Gasteiger partial charge on any atom is 0.224 e. The standard InChI is InChI=1S/C18H21FN2O2/c1-3-16(23-17-6-4-5-15(19)10-17)12-21-18(22)9-14-8-7-13(2)20-11-14/h4-8,10-11,16H,3,9,12H2,1-2H3,(H,21,22). The van der Waals surface area contributed by atoms with Crippen LogP contribution in [0.15, 0.2) is 42.6 Å². The van der Waals surface area contributed by atoms with E-state index in [9.17, 15) is 9.18 Å². The first kappa shape index (κ1) is 16.9. The quantitative estimate of drug-likeness (QED) is 0.854. The Morgan fingerprint density at radius 1 is 1.35 bits per heavy atom. The summed E-state index contributed by atoms with van der Waals surface area (Å²) < 4.78 is 18.8. The molecule has 0 aliphatic heterocycles. The van der Waals surface area contributed by atoms with Crippen molar-refractivity contribution in [2.24, 2.45) is 0 Å². The monoisotopic (exact) mass is 316 g/mol. The van der Waals surface area contributed by atoms with Crippen LogP contribution in [-0.2, 0) is 11.2 Å². The minimum Gasteiger partial charge on any atom is -0.489 e. The van der Waals surface area contributed by atoms with Gasteiger partial charge in [-0.1, -0.05) is 19.1 Å². The predicted octanol–water partition coefficient (Wildman–Crippen LogP) is 3.05. The van der Waals surface area contributed by atoms with Crippen molar-refractivity contribution < 1.29 is 13.9 Å². The molecule has 0 aliphatic carbocycles. The molecule has 1 aromatic carbocycles. The number of pyridine rings is 1. The smallest absolute Gasteiger partial charge is 0.224 e. The van der Waals surface area contributed by atoms with Gasteiger partial charge in [0.15, 0.2) is 0 Å². The number of aromatic nitrogens is 1. The van der Waals surface area contributed by atoms with Gasteiger partial charge in [0.25, 0.3) is 0 Å². The Morgan fingerprint density at radius 2 is 2.17 bits per heavy atom. The summed E-state index contributed by atoms with van der Waals surface area (Å²) in [4.78, 5) is 16.1. The lowest BCUT2D eigenvalue weighted by Crippen LogP contribution is -2.35. The highest BCUT2D eigenvalue weighted by molar-refractivity contribution is 5.78. The van der Waals surface area contributed by atoms with Crippen molar-refractivity contribution in [3.8, 4) is 5.75 Å². The minimum absolute atomic E-state index is 0.0862. The summed E-state index contributed by atoms with van der Waals surface area (Å²) in [5.41, 5.74) is 1.79. The zero-order valence-corrected chi connectivity index (χ0v) is 13.4. The first-order chi connectivity index (χ1) is 11.1. The Balaban J connectivity index is 1.82. The first-order valence-electron chi connectivity index (χ1n) is 7.67. The van der Waals surface area contributed by atoms with Crippen LogP contribution in [0, 0.1) is 12.7 Å². The van der Waals surface area contributed by atoms with Gasteiger partial charge in [-0.25, -0.2) is 4.39 Å². The van der Waals surface area contributed by atoms with E-state index in [4.69, 9.17) is 4.74 Å². The summed E-state index contributed by atoms with van der Waals surface area (Å²) in [6.07, 6.45) is 2.50. The molecule has 2 aromatic rings. The SMILES string of the molecule is CCC(CNC(=O)Cc1ccc(C)nc1)Oc1cccc(F)c1. The summed E-state index contributed by atoms with van der Waals surface area (Å²) in [7, 11) is 0. The van der Waals surface area contributed by atoms with Crippen molar-refractivity contribution in [2.45, 2.75) is 32.8 Å². The van der Waals surface area contributed by atoms with Gasteiger partial charge in [0, 0.05) is 18.0 Å². The second-order valence-corrected chi connectivity index (χ2v) is 5.39. The van der Waals surface area contributed by atoms with Gasteiger partial charge in [0.1, 0.15) is 17.7 Å². The van der Waals surface area contributed by atoms with Crippen LogP contribution in [0.2, 0.25) is 0 Å². The molecule has 1 unspecified atom stereocenters. The Bertz CT molecular complexity index is 644. The molecule has 1 amide bonds. The second-order valence-electron chi connectivity index (χ2n) is 5.39. The number of halogens is 1. The van der Waals surface area contributed by atoms with Gasteiger partial charge >= 0.3 is 0 Å². The van der Waals surface area contributed by atoms with E-state index in [1.165, 1.54) is 12.1 Å². The molecule has 1 N–H and O–H groups in total. The maximum atomic E-state index is 13.2. The highest BCUT2D eigenvalue weighted by Gasteiger charge is 2.11. The largest absolute Gasteiger partial charge is 0.489 e. The Labute approximate surface area is 135 Å². The van der Waals surface area contributed by atoms with Crippen LogP contribution < -0.4 is 10.1 Å². The molecule has 0 radical (unpaired) electrons. The molecular weight excluding hydrogens is 295 g/mol. The van der Waals surface area contributed by atoms with Crippen LogP contribution in [0.3, 0.4) is 0 Å². The molecule has 4 nitrogen and oxygen atoms in total. The van der Waals surface area contributed by atoms with Crippen LogP contribution in [0.4, 0.5) is 4.39 Å². The van der Waals surface area contributed by atoms with Gasteiger partial charge in [-0.3, -0.25) is 9.78 Å². The zero-order valence-electron chi connectivity index (χ0n) is 13.4. The third-order valence-corrected chi connectivity index (χ3v) is 3.42. The predicted molar refractivity (Wildman–Crippen MR) is 86.8 cm³/mol. The van der Waals surface area contributed by atoms with Gasteiger partial charge in [-0.05, 0) is 37.1 Å². The maximum absolute atomic E-state index is 13.2. The van der Waals surface area contributed by atoms with E-state index in [0.29, 0.717) is 18.7 Å². The van der Waals surface area contributed by atoms with Gasteiger partial charge in [-0.2, -0.15) is 0 Å². The number of carbonyl (C=O) groups is 1. The molecule has 0 bridgehead atoms. The van der Waals surface area contributed by atoms with Crippen molar-refractivity contribution in [3.63, 3.8) is 0 Å². The van der Waals surface area contributed by atoms with Crippen LogP contribution in [0.1, 0.15) is 24.6 Å². The molecule has 122 valence electrons. The van der Waals surface area contributed by atoms with E-state index in [0.717, 1.165) is 11.3 Å². The van der Waals surface area contributed by atoms with E-state index in [2.05, 4.69) is 10.3 Å². The molecule has 2 rings (SSSR count). The number of benzene rings is 1. The van der Waals surface area contributed by atoms with Gasteiger partial charge in [0.05, 0.1) is 13.0 Å². The average molecular weight is 316 g/mol. The van der Waals surface area contributed by atoms with E-state index in [-0.39, 0.29) is 24.2 Å². The first-order valence-corrected chi connectivity index (χ1v) is 7.67. The van der Waals surface area contributed by atoms with Gasteiger partial charge in [-0.15, -0.1) is 0 Å². The topological polar surface area (TPSA) is 51.2 Å². The van der Waals surface area contributed by atoms with Crippen LogP contribution in [0.5, 0.6) is 5.75 Å². The molecule has 5 heteroatoms. The lowest BCUT2D eigenvalue weighted by molar-refractivity contribution is -0.120. The molecule has 0 aliphatic rings. The Morgan fingerprint density at radius 3 is 2.83 bits per heavy atom. The summed E-state index contributed by atoms with van der Waals surface area (Å²) in [5.74, 6) is 0.0408.